The van der Waals surface area contributed by atoms with E-state index in [4.69, 9.17) is 4.98 Å². The van der Waals surface area contributed by atoms with Gasteiger partial charge in [-0.2, -0.15) is 0 Å². The highest BCUT2D eigenvalue weighted by Gasteiger charge is 2.13. The van der Waals surface area contributed by atoms with Gasteiger partial charge >= 0.3 is 0 Å². The average Bonchev–Trinajstić information content (AvgIpc) is 3.13. The van der Waals surface area contributed by atoms with Gasteiger partial charge in [-0.25, -0.2) is 4.98 Å². The van der Waals surface area contributed by atoms with E-state index in [1.807, 2.05) is 12.1 Å². The first kappa shape index (κ1) is 15.4. The molecule has 0 saturated heterocycles. The second-order valence-electron chi connectivity index (χ2n) is 6.12. The van der Waals surface area contributed by atoms with Gasteiger partial charge in [0.25, 0.3) is 0 Å². The number of hydrogen-bond donors (Lipinski definition) is 1. The van der Waals surface area contributed by atoms with Gasteiger partial charge < -0.3 is 4.98 Å². The molecule has 0 saturated carbocycles. The Morgan fingerprint density at radius 1 is 0.600 bits per heavy atom. The van der Waals surface area contributed by atoms with E-state index in [1.54, 1.807) is 0 Å². The molecule has 3 aromatic carbocycles. The fourth-order valence-corrected chi connectivity index (χ4v) is 3.07. The summed E-state index contributed by atoms with van der Waals surface area (Å²) in [4.78, 5) is 8.47. The Labute approximate surface area is 148 Å². The van der Waals surface area contributed by atoms with E-state index in [1.165, 1.54) is 11.1 Å². The van der Waals surface area contributed by atoms with Crippen LogP contribution >= 0.6 is 0 Å². The second kappa shape index (κ2) is 7.18. The molecule has 1 aromatic heterocycles. The van der Waals surface area contributed by atoms with Crippen molar-refractivity contribution in [1.82, 2.24) is 9.97 Å². The SMILES string of the molecule is c1ccc(CCc2nc(-c3ccccc3)c(-c3ccccc3)[nH]2)cc1. The molecule has 1 heterocycles. The number of benzene rings is 3. The molecule has 2 nitrogen and oxygen atoms in total. The fourth-order valence-electron chi connectivity index (χ4n) is 3.07. The number of nitrogens with one attached hydrogen (secondary N) is 1. The molecule has 1 N–H and O–H groups in total. The Hall–Kier alpha value is -3.13. The molecule has 0 bridgehead atoms. The van der Waals surface area contributed by atoms with Crippen LogP contribution in [0.3, 0.4) is 0 Å². The van der Waals surface area contributed by atoms with Gasteiger partial charge in [-0.3, -0.25) is 0 Å². The van der Waals surface area contributed by atoms with Crippen molar-refractivity contribution in [2.75, 3.05) is 0 Å². The van der Waals surface area contributed by atoms with Crippen LogP contribution in [-0.2, 0) is 12.8 Å². The first-order valence-electron chi connectivity index (χ1n) is 8.64. The highest BCUT2D eigenvalue weighted by atomic mass is 14.9. The topological polar surface area (TPSA) is 28.7 Å². The molecule has 0 fully saturated rings. The summed E-state index contributed by atoms with van der Waals surface area (Å²) < 4.78 is 0. The van der Waals surface area contributed by atoms with E-state index >= 15 is 0 Å². The summed E-state index contributed by atoms with van der Waals surface area (Å²) in [6.45, 7) is 0. The molecule has 0 aliphatic rings. The summed E-state index contributed by atoms with van der Waals surface area (Å²) in [5.41, 5.74) is 5.76. The molecule has 0 aliphatic heterocycles. The van der Waals surface area contributed by atoms with Crippen molar-refractivity contribution in [2.45, 2.75) is 12.8 Å². The summed E-state index contributed by atoms with van der Waals surface area (Å²) in [7, 11) is 0. The van der Waals surface area contributed by atoms with Crippen LogP contribution in [0.15, 0.2) is 91.0 Å². The monoisotopic (exact) mass is 324 g/mol. The zero-order chi connectivity index (χ0) is 16.9. The summed E-state index contributed by atoms with van der Waals surface area (Å²) in [5.74, 6) is 1.03. The quantitative estimate of drug-likeness (QED) is 0.514. The Balaban J connectivity index is 1.68. The lowest BCUT2D eigenvalue weighted by Crippen LogP contribution is -1.93. The van der Waals surface area contributed by atoms with Crippen LogP contribution in [0.1, 0.15) is 11.4 Å². The molecule has 4 rings (SSSR count). The van der Waals surface area contributed by atoms with Crippen molar-refractivity contribution in [3.8, 4) is 22.5 Å². The molecule has 0 amide bonds. The molecule has 0 aliphatic carbocycles. The van der Waals surface area contributed by atoms with Crippen molar-refractivity contribution in [1.29, 1.82) is 0 Å². The van der Waals surface area contributed by atoms with Crippen molar-refractivity contribution < 1.29 is 0 Å². The first-order valence-corrected chi connectivity index (χ1v) is 8.64. The van der Waals surface area contributed by atoms with Gasteiger partial charge in [0.05, 0.1) is 11.4 Å². The predicted octanol–water partition coefficient (Wildman–Crippen LogP) is 5.53. The summed E-state index contributed by atoms with van der Waals surface area (Å²) in [6.07, 6.45) is 1.88. The van der Waals surface area contributed by atoms with Gasteiger partial charge in [0.2, 0.25) is 0 Å². The molecule has 0 unspecified atom stereocenters. The predicted molar refractivity (Wildman–Crippen MR) is 103 cm³/mol. The van der Waals surface area contributed by atoms with Crippen LogP contribution in [0.2, 0.25) is 0 Å². The van der Waals surface area contributed by atoms with Crippen molar-refractivity contribution in [3.63, 3.8) is 0 Å². The molecule has 25 heavy (non-hydrogen) atoms. The summed E-state index contributed by atoms with van der Waals surface area (Å²) in [5, 5.41) is 0. The van der Waals surface area contributed by atoms with Crippen LogP contribution in [0.5, 0.6) is 0 Å². The highest BCUT2D eigenvalue weighted by molar-refractivity contribution is 5.78. The first-order chi connectivity index (χ1) is 12.4. The number of nitrogens with zero attached hydrogens (tertiary/aromatic N) is 1. The number of hydrogen-bond acceptors (Lipinski definition) is 1. The van der Waals surface area contributed by atoms with E-state index < -0.39 is 0 Å². The summed E-state index contributed by atoms with van der Waals surface area (Å²) >= 11 is 0. The van der Waals surface area contributed by atoms with Gasteiger partial charge in [0, 0.05) is 17.5 Å². The lowest BCUT2D eigenvalue weighted by Gasteiger charge is -2.02. The summed E-state index contributed by atoms with van der Waals surface area (Å²) in [6, 6.07) is 31.4. The average molecular weight is 324 g/mol. The zero-order valence-corrected chi connectivity index (χ0v) is 14.0. The molecular weight excluding hydrogens is 304 g/mol. The van der Waals surface area contributed by atoms with E-state index in [-0.39, 0.29) is 0 Å². The number of H-pyrrole nitrogens is 1. The molecule has 0 atom stereocenters. The number of aryl methyl sites for hydroxylation is 2. The number of imidazole rings is 1. The molecule has 0 radical (unpaired) electrons. The molecule has 0 spiro atoms. The minimum absolute atomic E-state index is 0.899. The normalized spacial score (nSPS) is 10.7. The lowest BCUT2D eigenvalue weighted by atomic mass is 10.1. The van der Waals surface area contributed by atoms with E-state index in [2.05, 4.69) is 83.8 Å². The molecule has 122 valence electrons. The third-order valence-electron chi connectivity index (χ3n) is 4.36. The Morgan fingerprint density at radius 2 is 1.16 bits per heavy atom. The maximum Gasteiger partial charge on any atom is 0.107 e. The second-order valence-corrected chi connectivity index (χ2v) is 6.12. The lowest BCUT2D eigenvalue weighted by molar-refractivity contribution is 0.886. The van der Waals surface area contributed by atoms with Gasteiger partial charge in [0.15, 0.2) is 0 Å². The number of aromatic amines is 1. The maximum absolute atomic E-state index is 4.92. The van der Waals surface area contributed by atoms with Gasteiger partial charge in [-0.1, -0.05) is 91.0 Å². The maximum atomic E-state index is 4.92. The molecule has 4 aromatic rings. The number of aromatic nitrogens is 2. The smallest absolute Gasteiger partial charge is 0.107 e. The van der Waals surface area contributed by atoms with Gasteiger partial charge in [0.1, 0.15) is 5.82 Å². The number of rotatable bonds is 5. The van der Waals surface area contributed by atoms with Crippen LogP contribution in [-0.4, -0.2) is 9.97 Å². The van der Waals surface area contributed by atoms with Gasteiger partial charge in [-0.05, 0) is 12.0 Å². The third kappa shape index (κ3) is 3.53. The molecule has 2 heteroatoms. The Morgan fingerprint density at radius 3 is 1.80 bits per heavy atom. The molecular formula is C23H20N2. The Bertz CT molecular complexity index is 869. The standard InChI is InChI=1S/C23H20N2/c1-4-10-18(11-5-1)16-17-21-24-22(19-12-6-2-7-13-19)23(25-21)20-14-8-3-9-15-20/h1-15H,16-17H2,(H,24,25). The van der Waals surface area contributed by atoms with Crippen LogP contribution in [0.25, 0.3) is 22.5 Å². The minimum atomic E-state index is 0.899. The third-order valence-corrected chi connectivity index (χ3v) is 4.36. The van der Waals surface area contributed by atoms with Crippen LogP contribution in [0.4, 0.5) is 0 Å². The largest absolute Gasteiger partial charge is 0.341 e. The Kier molecular flexibility index (Phi) is 4.42. The highest BCUT2D eigenvalue weighted by Crippen LogP contribution is 2.30. The van der Waals surface area contributed by atoms with Crippen LogP contribution < -0.4 is 0 Å². The van der Waals surface area contributed by atoms with Crippen molar-refractivity contribution >= 4 is 0 Å². The van der Waals surface area contributed by atoms with E-state index in [0.29, 0.717) is 0 Å². The minimum Gasteiger partial charge on any atom is -0.341 e. The van der Waals surface area contributed by atoms with Crippen molar-refractivity contribution in [3.05, 3.63) is 102 Å². The van der Waals surface area contributed by atoms with E-state index in [9.17, 15) is 0 Å². The van der Waals surface area contributed by atoms with E-state index in [0.717, 1.165) is 35.6 Å². The van der Waals surface area contributed by atoms with Crippen molar-refractivity contribution in [2.24, 2.45) is 0 Å². The fraction of sp³-hybridized carbons (Fsp3) is 0.0870. The van der Waals surface area contributed by atoms with Gasteiger partial charge in [-0.15, -0.1) is 0 Å². The zero-order valence-electron chi connectivity index (χ0n) is 14.0. The van der Waals surface area contributed by atoms with Crippen LogP contribution in [0, 0.1) is 0 Å².